The summed E-state index contributed by atoms with van der Waals surface area (Å²) in [5.41, 5.74) is 0.806. The number of halogens is 1. The predicted octanol–water partition coefficient (Wildman–Crippen LogP) is 2.57. The van der Waals surface area contributed by atoms with Crippen molar-refractivity contribution in [1.29, 1.82) is 0 Å². The van der Waals surface area contributed by atoms with E-state index in [2.05, 4.69) is 5.32 Å². The minimum atomic E-state index is -0.801. The molecule has 5 nitrogen and oxygen atoms in total. The first-order valence-corrected chi connectivity index (χ1v) is 8.09. The summed E-state index contributed by atoms with van der Waals surface area (Å²) in [5, 5.41) is 2.89. The van der Waals surface area contributed by atoms with Gasteiger partial charge < -0.3 is 15.0 Å². The number of nitrogens with one attached hydrogen (secondary N) is 1. The minimum Gasteiger partial charge on any atom is -0.497 e. The van der Waals surface area contributed by atoms with E-state index in [1.54, 1.807) is 30.2 Å². The molecule has 0 radical (unpaired) electrons. The van der Waals surface area contributed by atoms with Crippen molar-refractivity contribution in [3.8, 4) is 5.75 Å². The summed E-state index contributed by atoms with van der Waals surface area (Å²) >= 11 is 0. The number of fused-ring (bicyclic) bond motifs is 2. The van der Waals surface area contributed by atoms with E-state index in [1.165, 1.54) is 12.1 Å². The van der Waals surface area contributed by atoms with Gasteiger partial charge in [0.2, 0.25) is 5.91 Å². The molecule has 4 rings (SSSR count). The van der Waals surface area contributed by atoms with E-state index in [4.69, 9.17) is 4.74 Å². The van der Waals surface area contributed by atoms with Gasteiger partial charge in [0.05, 0.1) is 18.1 Å². The Morgan fingerprint density at radius 1 is 1.28 bits per heavy atom. The molecule has 2 aromatic carbocycles. The second kappa shape index (κ2) is 5.58. The van der Waals surface area contributed by atoms with Gasteiger partial charge in [-0.05, 0) is 42.3 Å². The molecule has 128 valence electrons. The maximum absolute atomic E-state index is 13.9. The molecule has 2 aliphatic rings. The summed E-state index contributed by atoms with van der Waals surface area (Å²) in [6.07, 6.45) is 0.499. The Morgan fingerprint density at radius 3 is 2.84 bits per heavy atom. The third-order valence-electron chi connectivity index (χ3n) is 5.09. The number of nitrogens with zero attached hydrogens (tertiary/aromatic N) is 1. The van der Waals surface area contributed by atoms with Gasteiger partial charge in [-0.15, -0.1) is 0 Å². The summed E-state index contributed by atoms with van der Waals surface area (Å²) in [6, 6.07) is 11.3. The van der Waals surface area contributed by atoms with Crippen LogP contribution in [-0.2, 0) is 10.2 Å². The number of hydrogen-bond acceptors (Lipinski definition) is 3. The lowest BCUT2D eigenvalue weighted by Gasteiger charge is -2.23. The number of carbonyl (C=O) groups excluding carboxylic acids is 2. The third kappa shape index (κ3) is 2.28. The van der Waals surface area contributed by atoms with Crippen molar-refractivity contribution in [1.82, 2.24) is 4.90 Å². The second-order valence-electron chi connectivity index (χ2n) is 6.40. The average molecular weight is 340 g/mol. The van der Waals surface area contributed by atoms with Crippen LogP contribution in [0.4, 0.5) is 10.1 Å². The molecule has 1 N–H and O–H groups in total. The molecular weight excluding hydrogens is 323 g/mol. The number of methoxy groups -OCH3 is 1. The number of ether oxygens (including phenoxy) is 1. The van der Waals surface area contributed by atoms with Gasteiger partial charge >= 0.3 is 0 Å². The molecule has 0 bridgehead atoms. The van der Waals surface area contributed by atoms with Crippen LogP contribution in [0.3, 0.4) is 0 Å². The van der Waals surface area contributed by atoms with E-state index in [0.29, 0.717) is 18.7 Å². The van der Waals surface area contributed by atoms with Crippen LogP contribution in [0.1, 0.15) is 22.3 Å². The maximum atomic E-state index is 13.9. The van der Waals surface area contributed by atoms with Gasteiger partial charge in [-0.2, -0.15) is 0 Å². The Labute approximate surface area is 144 Å². The number of rotatable bonds is 2. The van der Waals surface area contributed by atoms with Crippen molar-refractivity contribution >= 4 is 17.5 Å². The largest absolute Gasteiger partial charge is 0.497 e. The molecule has 1 atom stereocenters. The molecule has 1 saturated heterocycles. The zero-order valence-corrected chi connectivity index (χ0v) is 13.7. The van der Waals surface area contributed by atoms with Crippen LogP contribution in [0.15, 0.2) is 42.5 Å². The van der Waals surface area contributed by atoms with Gasteiger partial charge in [0.25, 0.3) is 5.91 Å². The Hall–Kier alpha value is -2.89. The monoisotopic (exact) mass is 340 g/mol. The van der Waals surface area contributed by atoms with E-state index in [1.807, 2.05) is 12.1 Å². The molecule has 6 heteroatoms. The van der Waals surface area contributed by atoms with E-state index in [-0.39, 0.29) is 23.9 Å². The molecule has 2 aliphatic heterocycles. The smallest absolute Gasteiger partial charge is 0.256 e. The fourth-order valence-electron chi connectivity index (χ4n) is 3.71. The Kier molecular flexibility index (Phi) is 3.49. The molecule has 1 spiro atoms. The summed E-state index contributed by atoms with van der Waals surface area (Å²) in [5.74, 6) is -0.404. The van der Waals surface area contributed by atoms with Gasteiger partial charge in [0.15, 0.2) is 0 Å². The lowest BCUT2D eigenvalue weighted by atomic mass is 9.81. The van der Waals surface area contributed by atoms with Crippen LogP contribution in [0.2, 0.25) is 0 Å². The van der Waals surface area contributed by atoms with E-state index < -0.39 is 11.2 Å². The first kappa shape index (κ1) is 15.6. The van der Waals surface area contributed by atoms with Crippen molar-refractivity contribution in [3.63, 3.8) is 0 Å². The second-order valence-corrected chi connectivity index (χ2v) is 6.40. The summed E-state index contributed by atoms with van der Waals surface area (Å²) in [4.78, 5) is 26.9. The number of benzene rings is 2. The molecular formula is C19H17FN2O3. The Bertz CT molecular complexity index is 883. The van der Waals surface area contributed by atoms with Gasteiger partial charge in [0, 0.05) is 18.8 Å². The highest BCUT2D eigenvalue weighted by Crippen LogP contribution is 2.45. The molecule has 25 heavy (non-hydrogen) atoms. The van der Waals surface area contributed by atoms with E-state index in [9.17, 15) is 14.0 Å². The molecule has 2 heterocycles. The maximum Gasteiger partial charge on any atom is 0.256 e. The van der Waals surface area contributed by atoms with Gasteiger partial charge in [-0.1, -0.05) is 12.1 Å². The first-order valence-electron chi connectivity index (χ1n) is 8.09. The van der Waals surface area contributed by atoms with E-state index >= 15 is 0 Å². The zero-order chi connectivity index (χ0) is 17.6. The average Bonchev–Trinajstić information content (AvgIpc) is 3.18. The predicted molar refractivity (Wildman–Crippen MR) is 90.2 cm³/mol. The highest BCUT2D eigenvalue weighted by Gasteiger charge is 2.52. The zero-order valence-electron chi connectivity index (χ0n) is 13.7. The topological polar surface area (TPSA) is 58.6 Å². The Balaban J connectivity index is 1.68. The van der Waals surface area contributed by atoms with Crippen LogP contribution >= 0.6 is 0 Å². The highest BCUT2D eigenvalue weighted by molar-refractivity contribution is 6.07. The van der Waals surface area contributed by atoms with Gasteiger partial charge in [-0.3, -0.25) is 9.59 Å². The first-order chi connectivity index (χ1) is 12.0. The fourth-order valence-corrected chi connectivity index (χ4v) is 3.71. The number of likely N-dealkylation sites (tertiary alicyclic amines) is 1. The summed E-state index contributed by atoms with van der Waals surface area (Å²) in [6.45, 7) is 0.628. The summed E-state index contributed by atoms with van der Waals surface area (Å²) < 4.78 is 19.2. The van der Waals surface area contributed by atoms with Crippen molar-refractivity contribution in [2.45, 2.75) is 11.8 Å². The highest BCUT2D eigenvalue weighted by atomic mass is 19.1. The summed E-state index contributed by atoms with van der Waals surface area (Å²) in [7, 11) is 1.57. The quantitative estimate of drug-likeness (QED) is 0.914. The normalized spacial score (nSPS) is 21.4. The van der Waals surface area contributed by atoms with Crippen molar-refractivity contribution in [2.75, 3.05) is 25.5 Å². The SMILES string of the molecule is COc1ccc2c(c1)[C@@]1(CCN(C(=O)c3ccccc3F)C1)C(=O)N2. The molecule has 2 aromatic rings. The number of anilines is 1. The molecule has 2 amide bonds. The lowest BCUT2D eigenvalue weighted by molar-refractivity contribution is -0.120. The fraction of sp³-hybridized carbons (Fsp3) is 0.263. The van der Waals surface area contributed by atoms with Crippen LogP contribution in [0.5, 0.6) is 5.75 Å². The van der Waals surface area contributed by atoms with Crippen molar-refractivity contribution in [3.05, 3.63) is 59.4 Å². The van der Waals surface area contributed by atoms with Crippen LogP contribution in [0, 0.1) is 5.82 Å². The molecule has 0 aliphatic carbocycles. The molecule has 0 unspecified atom stereocenters. The lowest BCUT2D eigenvalue weighted by Crippen LogP contribution is -2.39. The van der Waals surface area contributed by atoms with E-state index in [0.717, 1.165) is 11.3 Å². The standard InChI is InChI=1S/C19H17FN2O3/c1-25-12-6-7-16-14(10-12)19(18(24)21-16)8-9-22(11-19)17(23)13-4-2-3-5-15(13)20/h2-7,10H,8-9,11H2,1H3,(H,21,24)/t19-/m0/s1. The van der Waals surface area contributed by atoms with Crippen LogP contribution < -0.4 is 10.1 Å². The number of carbonyl (C=O) groups is 2. The van der Waals surface area contributed by atoms with Crippen LogP contribution in [-0.4, -0.2) is 36.9 Å². The number of hydrogen-bond donors (Lipinski definition) is 1. The van der Waals surface area contributed by atoms with Crippen molar-refractivity contribution < 1.29 is 18.7 Å². The Morgan fingerprint density at radius 2 is 2.08 bits per heavy atom. The van der Waals surface area contributed by atoms with Crippen LogP contribution in [0.25, 0.3) is 0 Å². The van der Waals surface area contributed by atoms with Crippen molar-refractivity contribution in [2.24, 2.45) is 0 Å². The third-order valence-corrected chi connectivity index (χ3v) is 5.09. The molecule has 1 fully saturated rings. The molecule has 0 aromatic heterocycles. The number of amides is 2. The van der Waals surface area contributed by atoms with Gasteiger partial charge in [-0.25, -0.2) is 4.39 Å². The molecule has 0 saturated carbocycles. The van der Waals surface area contributed by atoms with Gasteiger partial charge in [0.1, 0.15) is 11.6 Å². The minimum absolute atomic E-state index is 0.0313.